The Kier molecular flexibility index (Phi) is 1.66. The molecule has 0 fully saturated rings. The van der Waals surface area contributed by atoms with Crippen LogP contribution in [0.2, 0.25) is 0 Å². The van der Waals surface area contributed by atoms with Gasteiger partial charge in [0.25, 0.3) is 0 Å². The minimum absolute atomic E-state index is 0.509. The highest BCUT2D eigenvalue weighted by molar-refractivity contribution is 7.97. The fourth-order valence-corrected chi connectivity index (χ4v) is 2.38. The van der Waals surface area contributed by atoms with E-state index in [1.54, 1.807) is 11.9 Å². The lowest BCUT2D eigenvalue weighted by Crippen LogP contribution is -2.00. The Balaban J connectivity index is 2.57. The minimum atomic E-state index is 0.509. The van der Waals surface area contributed by atoms with Crippen molar-refractivity contribution < 1.29 is 0 Å². The normalized spacial score (nSPS) is 21.8. The molecule has 0 saturated carbocycles. The van der Waals surface area contributed by atoms with Gasteiger partial charge in [0, 0.05) is 10.9 Å². The van der Waals surface area contributed by atoms with E-state index in [1.165, 1.54) is 16.0 Å². The highest BCUT2D eigenvalue weighted by atomic mass is 32.2. The second kappa shape index (κ2) is 2.54. The molecule has 1 heterocycles. The van der Waals surface area contributed by atoms with Crippen LogP contribution in [0, 0.1) is 6.92 Å². The van der Waals surface area contributed by atoms with E-state index in [4.69, 9.17) is 0 Å². The van der Waals surface area contributed by atoms with Crippen LogP contribution in [0.1, 0.15) is 24.1 Å². The number of aryl methyl sites for hydroxylation is 1. The zero-order valence-electron chi connectivity index (χ0n) is 6.72. The van der Waals surface area contributed by atoms with Crippen LogP contribution in [0.25, 0.3) is 0 Å². The van der Waals surface area contributed by atoms with Gasteiger partial charge in [-0.15, -0.1) is 0 Å². The highest BCUT2D eigenvalue weighted by Crippen LogP contribution is 2.36. The van der Waals surface area contributed by atoms with Crippen molar-refractivity contribution >= 4 is 11.9 Å². The van der Waals surface area contributed by atoms with E-state index >= 15 is 0 Å². The summed E-state index contributed by atoms with van der Waals surface area (Å²) in [5.41, 5.74) is 2.82. The maximum Gasteiger partial charge on any atom is 0.0408 e. The van der Waals surface area contributed by atoms with Gasteiger partial charge in [-0.2, -0.15) is 0 Å². The molecule has 1 nitrogen and oxygen atoms in total. The van der Waals surface area contributed by atoms with Gasteiger partial charge in [-0.05, 0) is 36.9 Å². The fraction of sp³-hybridized carbons (Fsp3) is 0.333. The maximum atomic E-state index is 3.34. The van der Waals surface area contributed by atoms with Gasteiger partial charge in [-0.1, -0.05) is 18.2 Å². The molecule has 0 bridgehead atoms. The first-order valence-corrected chi connectivity index (χ1v) is 4.62. The third-order valence-electron chi connectivity index (χ3n) is 2.05. The summed E-state index contributed by atoms with van der Waals surface area (Å²) in [6.07, 6.45) is 0. The lowest BCUT2D eigenvalue weighted by atomic mass is 10.1. The van der Waals surface area contributed by atoms with Crippen LogP contribution >= 0.6 is 11.9 Å². The molecule has 1 unspecified atom stereocenters. The van der Waals surface area contributed by atoms with E-state index < -0.39 is 0 Å². The standard InChI is InChI=1S/C9H11NS/c1-6-4-3-5-8-7(2)10-11-9(6)8/h3-5,7,10H,1-2H3. The first-order valence-electron chi connectivity index (χ1n) is 3.81. The Morgan fingerprint density at radius 2 is 2.27 bits per heavy atom. The molecule has 0 aliphatic carbocycles. The summed E-state index contributed by atoms with van der Waals surface area (Å²) < 4.78 is 3.34. The zero-order chi connectivity index (χ0) is 7.84. The Morgan fingerprint density at radius 1 is 1.45 bits per heavy atom. The zero-order valence-corrected chi connectivity index (χ0v) is 7.53. The van der Waals surface area contributed by atoms with Crippen molar-refractivity contribution in [2.24, 2.45) is 0 Å². The SMILES string of the molecule is Cc1cccc2c1SNC2C. The van der Waals surface area contributed by atoms with Crippen LogP contribution in [0.5, 0.6) is 0 Å². The molecule has 1 aromatic rings. The summed E-state index contributed by atoms with van der Waals surface area (Å²) in [4.78, 5) is 1.42. The Labute approximate surface area is 71.3 Å². The molecule has 0 spiro atoms. The van der Waals surface area contributed by atoms with Crippen LogP contribution in [0.4, 0.5) is 0 Å². The quantitative estimate of drug-likeness (QED) is 0.593. The van der Waals surface area contributed by atoms with Gasteiger partial charge < -0.3 is 0 Å². The van der Waals surface area contributed by atoms with Gasteiger partial charge >= 0.3 is 0 Å². The molecule has 1 aliphatic heterocycles. The molecule has 0 radical (unpaired) electrons. The van der Waals surface area contributed by atoms with E-state index in [1.807, 2.05) is 0 Å². The first kappa shape index (κ1) is 7.19. The Morgan fingerprint density at radius 3 is 3.00 bits per heavy atom. The molecule has 2 rings (SSSR count). The third kappa shape index (κ3) is 1.06. The molecular formula is C9H11NS. The predicted molar refractivity (Wildman–Crippen MR) is 48.6 cm³/mol. The van der Waals surface area contributed by atoms with E-state index in [9.17, 15) is 0 Å². The summed E-state index contributed by atoms with van der Waals surface area (Å²) in [5.74, 6) is 0. The number of hydrogen-bond acceptors (Lipinski definition) is 2. The van der Waals surface area contributed by atoms with E-state index in [0.29, 0.717) is 6.04 Å². The van der Waals surface area contributed by atoms with Crippen molar-refractivity contribution in [3.05, 3.63) is 29.3 Å². The molecule has 58 valence electrons. The molecular weight excluding hydrogens is 154 g/mol. The van der Waals surface area contributed by atoms with E-state index in [2.05, 4.69) is 36.8 Å². The van der Waals surface area contributed by atoms with Crippen LogP contribution in [-0.4, -0.2) is 0 Å². The molecule has 1 aromatic carbocycles. The molecule has 0 saturated heterocycles. The van der Waals surface area contributed by atoms with Gasteiger partial charge in [0.2, 0.25) is 0 Å². The average molecular weight is 165 g/mol. The van der Waals surface area contributed by atoms with Crippen molar-refractivity contribution in [3.8, 4) is 0 Å². The largest absolute Gasteiger partial charge is 0.253 e. The molecule has 11 heavy (non-hydrogen) atoms. The van der Waals surface area contributed by atoms with Crippen LogP contribution in [0.3, 0.4) is 0 Å². The first-order chi connectivity index (χ1) is 5.29. The smallest absolute Gasteiger partial charge is 0.0408 e. The minimum Gasteiger partial charge on any atom is -0.253 e. The summed E-state index contributed by atoms with van der Waals surface area (Å²) in [6, 6.07) is 6.99. The number of rotatable bonds is 0. The van der Waals surface area contributed by atoms with Crippen molar-refractivity contribution in [2.45, 2.75) is 24.8 Å². The van der Waals surface area contributed by atoms with Crippen molar-refractivity contribution in [1.29, 1.82) is 0 Å². The molecule has 1 aliphatic rings. The van der Waals surface area contributed by atoms with Gasteiger partial charge in [-0.25, -0.2) is 0 Å². The summed E-state index contributed by atoms with van der Waals surface area (Å²) in [5, 5.41) is 0. The summed E-state index contributed by atoms with van der Waals surface area (Å²) in [6.45, 7) is 4.35. The van der Waals surface area contributed by atoms with Crippen LogP contribution in [-0.2, 0) is 0 Å². The lowest BCUT2D eigenvalue weighted by Gasteiger charge is -2.02. The predicted octanol–water partition coefficient (Wildman–Crippen LogP) is 2.67. The van der Waals surface area contributed by atoms with E-state index in [-0.39, 0.29) is 0 Å². The topological polar surface area (TPSA) is 12.0 Å². The van der Waals surface area contributed by atoms with Gasteiger partial charge in [0.05, 0.1) is 0 Å². The molecule has 0 amide bonds. The molecule has 1 N–H and O–H groups in total. The second-order valence-corrected chi connectivity index (χ2v) is 3.78. The van der Waals surface area contributed by atoms with Crippen molar-refractivity contribution in [1.82, 2.24) is 4.72 Å². The summed E-state index contributed by atoms with van der Waals surface area (Å²) >= 11 is 1.75. The van der Waals surface area contributed by atoms with Crippen LogP contribution < -0.4 is 4.72 Å². The second-order valence-electron chi connectivity index (χ2n) is 2.93. The number of fused-ring (bicyclic) bond motifs is 1. The third-order valence-corrected chi connectivity index (χ3v) is 3.28. The number of nitrogens with one attached hydrogen (secondary N) is 1. The highest BCUT2D eigenvalue weighted by Gasteiger charge is 2.19. The fourth-order valence-electron chi connectivity index (χ4n) is 1.37. The summed E-state index contributed by atoms with van der Waals surface area (Å²) in [7, 11) is 0. The monoisotopic (exact) mass is 165 g/mol. The Bertz CT molecular complexity index is 283. The number of benzene rings is 1. The van der Waals surface area contributed by atoms with Crippen molar-refractivity contribution in [2.75, 3.05) is 0 Å². The molecule has 0 aromatic heterocycles. The van der Waals surface area contributed by atoms with E-state index in [0.717, 1.165) is 0 Å². The maximum absolute atomic E-state index is 3.34. The van der Waals surface area contributed by atoms with Crippen LogP contribution in [0.15, 0.2) is 23.1 Å². The molecule has 2 heteroatoms. The molecule has 1 atom stereocenters. The number of hydrogen-bond donors (Lipinski definition) is 1. The van der Waals surface area contributed by atoms with Crippen molar-refractivity contribution in [3.63, 3.8) is 0 Å². The average Bonchev–Trinajstić information content (AvgIpc) is 2.35. The lowest BCUT2D eigenvalue weighted by molar-refractivity contribution is 0.764. The van der Waals surface area contributed by atoms with Gasteiger partial charge in [0.15, 0.2) is 0 Å². The Hall–Kier alpha value is -0.470. The van der Waals surface area contributed by atoms with Gasteiger partial charge in [-0.3, -0.25) is 4.72 Å². The van der Waals surface area contributed by atoms with Gasteiger partial charge in [0.1, 0.15) is 0 Å².